The molecule has 0 radical (unpaired) electrons. The third-order valence-electron chi connectivity index (χ3n) is 10.6. The van der Waals surface area contributed by atoms with Crippen molar-refractivity contribution in [3.63, 3.8) is 0 Å². The van der Waals surface area contributed by atoms with Gasteiger partial charge in [0.25, 0.3) is 11.5 Å². The number of tetrazole rings is 1. The second-order valence-corrected chi connectivity index (χ2v) is 14.3. The lowest BCUT2D eigenvalue weighted by Gasteiger charge is -2.36. The topological polar surface area (TPSA) is 108 Å². The van der Waals surface area contributed by atoms with Crippen LogP contribution < -0.4 is 10.9 Å². The first kappa shape index (κ1) is 34.6. The number of anilines is 1. The molecule has 1 N–H and O–H groups in total. The highest BCUT2D eigenvalue weighted by atomic mass is 16.2. The number of nitrogens with one attached hydrogen (secondary N) is 1. The van der Waals surface area contributed by atoms with Gasteiger partial charge < -0.3 is 4.57 Å². The van der Waals surface area contributed by atoms with Crippen LogP contribution in [-0.2, 0) is 28.7 Å². The molecule has 8 rings (SSSR count). The summed E-state index contributed by atoms with van der Waals surface area (Å²) in [7, 11) is 0. The molecule has 0 saturated heterocycles. The van der Waals surface area contributed by atoms with Gasteiger partial charge in [-0.25, -0.2) is 4.68 Å². The van der Waals surface area contributed by atoms with Crippen LogP contribution in [0.1, 0.15) is 67.1 Å². The van der Waals surface area contributed by atoms with Crippen LogP contribution in [0.15, 0.2) is 144 Å². The molecule has 0 saturated carbocycles. The minimum Gasteiger partial charge on any atom is -0.301 e. The second kappa shape index (κ2) is 14.2. The van der Waals surface area contributed by atoms with Gasteiger partial charge in [-0.05, 0) is 70.5 Å². The fraction of sp³-hybridized carbons (Fsp3) is 0.200. The number of rotatable bonds is 11. The Bertz CT molecular complexity index is 2390. The minimum absolute atomic E-state index is 0.160. The number of nitrogens with zero attached hydrogens (tertiary/aromatic N) is 6. The van der Waals surface area contributed by atoms with Gasteiger partial charge in [0.1, 0.15) is 11.1 Å². The molecule has 54 heavy (non-hydrogen) atoms. The highest BCUT2D eigenvalue weighted by Gasteiger charge is 2.43. The van der Waals surface area contributed by atoms with E-state index < -0.39 is 11.1 Å². The predicted octanol–water partition coefficient (Wildman–Crippen LogP) is 8.02. The van der Waals surface area contributed by atoms with E-state index in [4.69, 9.17) is 10.3 Å². The maximum Gasteiger partial charge on any atom is 0.278 e. The van der Waals surface area contributed by atoms with Gasteiger partial charge in [-0.1, -0.05) is 153 Å². The van der Waals surface area contributed by atoms with Crippen LogP contribution in [0.5, 0.6) is 0 Å². The Morgan fingerprint density at radius 3 is 1.83 bits per heavy atom. The van der Waals surface area contributed by atoms with E-state index in [-0.39, 0.29) is 11.5 Å². The zero-order valence-corrected chi connectivity index (χ0v) is 30.6. The van der Waals surface area contributed by atoms with E-state index in [1.54, 1.807) is 0 Å². The molecule has 0 atom stereocenters. The van der Waals surface area contributed by atoms with Crippen molar-refractivity contribution in [2.45, 2.75) is 57.5 Å². The summed E-state index contributed by atoms with van der Waals surface area (Å²) in [6.07, 6.45) is 2.96. The standard InChI is InChI=1S/C45H41N7O2/c1-4-5-25-39-38(41(53)46-43-47-42(54)44(2,3)51(39)43)30-31-26-28-32(29-27-31)36-23-15-16-24-37(36)40-48-49-50-52(40)45(33-17-9-6-10-18-33,34-19-11-7-12-20-34)35-21-13-8-14-22-35/h6-24,26-29H,4-5,25,30H2,1-3H3,(H,46,47,53,54). The fourth-order valence-corrected chi connectivity index (χ4v) is 7.85. The Labute approximate surface area is 314 Å². The third-order valence-corrected chi connectivity index (χ3v) is 10.6. The SMILES string of the molecule is CCCCc1c(Cc2ccc(-c3ccccc3-c3nnnn3C(c3ccccc3)(c3ccccc3)c3ccccc3)cc2)c(=O)nc2n1C(C)(C)C(=O)N2. The average Bonchev–Trinajstić information content (AvgIpc) is 3.78. The summed E-state index contributed by atoms with van der Waals surface area (Å²) in [6, 6.07) is 47.6. The van der Waals surface area contributed by atoms with E-state index in [1.807, 2.05) is 89.8 Å². The van der Waals surface area contributed by atoms with Gasteiger partial charge >= 0.3 is 0 Å². The monoisotopic (exact) mass is 711 g/mol. The Morgan fingerprint density at radius 2 is 1.26 bits per heavy atom. The minimum atomic E-state index is -0.887. The maximum absolute atomic E-state index is 13.5. The summed E-state index contributed by atoms with van der Waals surface area (Å²) in [6.45, 7) is 5.87. The molecule has 0 aliphatic carbocycles. The van der Waals surface area contributed by atoms with Crippen LogP contribution in [-0.4, -0.2) is 35.7 Å². The molecule has 3 heterocycles. The van der Waals surface area contributed by atoms with Crippen LogP contribution >= 0.6 is 0 Å². The molecule has 1 amide bonds. The van der Waals surface area contributed by atoms with Crippen molar-refractivity contribution in [3.05, 3.63) is 183 Å². The van der Waals surface area contributed by atoms with Gasteiger partial charge in [0.05, 0.1) is 0 Å². The molecule has 2 aromatic heterocycles. The second-order valence-electron chi connectivity index (χ2n) is 14.3. The van der Waals surface area contributed by atoms with Crippen molar-refractivity contribution < 1.29 is 4.79 Å². The van der Waals surface area contributed by atoms with Crippen molar-refractivity contribution in [2.75, 3.05) is 5.32 Å². The summed E-state index contributed by atoms with van der Waals surface area (Å²) < 4.78 is 3.88. The maximum atomic E-state index is 13.5. The Balaban J connectivity index is 1.22. The lowest BCUT2D eigenvalue weighted by atomic mass is 9.77. The van der Waals surface area contributed by atoms with Crippen molar-refractivity contribution in [3.8, 4) is 22.5 Å². The van der Waals surface area contributed by atoms with Crippen LogP contribution in [0.2, 0.25) is 0 Å². The summed E-state index contributed by atoms with van der Waals surface area (Å²) in [5.74, 6) is 0.789. The normalized spacial score (nSPS) is 13.4. The molecule has 7 aromatic rings. The molecule has 0 unspecified atom stereocenters. The summed E-state index contributed by atoms with van der Waals surface area (Å²) >= 11 is 0. The highest BCUT2D eigenvalue weighted by molar-refractivity contribution is 5.98. The summed E-state index contributed by atoms with van der Waals surface area (Å²) in [4.78, 5) is 30.6. The molecule has 0 fully saturated rings. The van der Waals surface area contributed by atoms with Crippen LogP contribution in [0.25, 0.3) is 22.5 Å². The molecule has 0 spiro atoms. The summed E-state index contributed by atoms with van der Waals surface area (Å²) in [5, 5.41) is 16.6. The van der Waals surface area contributed by atoms with E-state index >= 15 is 0 Å². The number of carbonyl (C=O) groups excluding carboxylic acids is 1. The van der Waals surface area contributed by atoms with Crippen molar-refractivity contribution in [1.29, 1.82) is 0 Å². The Hall–Kier alpha value is -6.48. The van der Waals surface area contributed by atoms with Gasteiger partial charge in [-0.15, -0.1) is 5.10 Å². The molecule has 9 heteroatoms. The van der Waals surface area contributed by atoms with E-state index in [0.29, 0.717) is 30.2 Å². The molecule has 1 aliphatic rings. The van der Waals surface area contributed by atoms with E-state index in [2.05, 4.69) is 95.2 Å². The predicted molar refractivity (Wildman–Crippen MR) is 211 cm³/mol. The van der Waals surface area contributed by atoms with Gasteiger partial charge in [-0.3, -0.25) is 14.9 Å². The van der Waals surface area contributed by atoms with Crippen molar-refractivity contribution in [2.24, 2.45) is 0 Å². The number of fused-ring (bicyclic) bond motifs is 1. The molecule has 0 bridgehead atoms. The van der Waals surface area contributed by atoms with E-state index in [9.17, 15) is 9.59 Å². The van der Waals surface area contributed by atoms with Gasteiger partial charge in [0, 0.05) is 23.2 Å². The smallest absolute Gasteiger partial charge is 0.278 e. The molecule has 5 aromatic carbocycles. The van der Waals surface area contributed by atoms with Gasteiger partial charge in [0.2, 0.25) is 5.95 Å². The lowest BCUT2D eigenvalue weighted by molar-refractivity contribution is -0.121. The summed E-state index contributed by atoms with van der Waals surface area (Å²) in [5.41, 5.74) is 6.36. The number of unbranched alkanes of at least 4 members (excludes halogenated alkanes) is 1. The lowest BCUT2D eigenvalue weighted by Crippen LogP contribution is -2.39. The highest BCUT2D eigenvalue weighted by Crippen LogP contribution is 2.43. The third kappa shape index (κ3) is 5.82. The molecular weight excluding hydrogens is 671 g/mol. The number of carbonyl (C=O) groups is 1. The first-order valence-electron chi connectivity index (χ1n) is 18.4. The van der Waals surface area contributed by atoms with E-state index in [0.717, 1.165) is 57.5 Å². The number of aromatic nitrogens is 6. The largest absolute Gasteiger partial charge is 0.301 e. The zero-order chi connectivity index (χ0) is 37.3. The van der Waals surface area contributed by atoms with E-state index in [1.165, 1.54) is 0 Å². The quantitative estimate of drug-likeness (QED) is 0.136. The fourth-order valence-electron chi connectivity index (χ4n) is 7.85. The first-order chi connectivity index (χ1) is 26.3. The number of amides is 1. The number of hydrogen-bond donors (Lipinski definition) is 1. The molecular formula is C45H41N7O2. The molecule has 268 valence electrons. The van der Waals surface area contributed by atoms with Gasteiger partial charge in [-0.2, -0.15) is 4.98 Å². The average molecular weight is 712 g/mol. The van der Waals surface area contributed by atoms with Gasteiger partial charge in [0.15, 0.2) is 5.82 Å². The van der Waals surface area contributed by atoms with Crippen molar-refractivity contribution in [1.82, 2.24) is 29.8 Å². The Morgan fingerprint density at radius 1 is 0.704 bits per heavy atom. The van der Waals surface area contributed by atoms with Crippen LogP contribution in [0.3, 0.4) is 0 Å². The molecule has 1 aliphatic heterocycles. The van der Waals surface area contributed by atoms with Crippen LogP contribution in [0, 0.1) is 0 Å². The number of benzene rings is 5. The number of hydrogen-bond acceptors (Lipinski definition) is 6. The molecule has 9 nitrogen and oxygen atoms in total. The Kier molecular flexibility index (Phi) is 9.07. The zero-order valence-electron chi connectivity index (χ0n) is 30.6. The van der Waals surface area contributed by atoms with Crippen LogP contribution in [0.4, 0.5) is 5.95 Å². The first-order valence-corrected chi connectivity index (χ1v) is 18.4. The van der Waals surface area contributed by atoms with Crippen molar-refractivity contribution >= 4 is 11.9 Å².